The van der Waals surface area contributed by atoms with Crippen LogP contribution >= 0.6 is 11.6 Å². The summed E-state index contributed by atoms with van der Waals surface area (Å²) in [7, 11) is 3.45. The topological polar surface area (TPSA) is 53.0 Å². The molecule has 4 atom stereocenters. The van der Waals surface area contributed by atoms with Crippen molar-refractivity contribution in [3.63, 3.8) is 0 Å². The molecule has 0 bridgehead atoms. The first-order chi connectivity index (χ1) is 20.2. The summed E-state index contributed by atoms with van der Waals surface area (Å²) in [6.07, 6.45) is 12.7. The Morgan fingerprint density at radius 3 is 2.53 bits per heavy atom. The van der Waals surface area contributed by atoms with Crippen LogP contribution in [0.15, 0.2) is 42.0 Å². The van der Waals surface area contributed by atoms with Gasteiger partial charge in [0.05, 0.1) is 11.7 Å². The molecule has 1 N–H and O–H groups in total. The van der Waals surface area contributed by atoms with Crippen molar-refractivity contribution in [2.75, 3.05) is 27.2 Å². The van der Waals surface area contributed by atoms with E-state index < -0.39 is 21.0 Å². The van der Waals surface area contributed by atoms with Crippen LogP contribution in [0.1, 0.15) is 84.6 Å². The second kappa shape index (κ2) is 14.3. The van der Waals surface area contributed by atoms with Gasteiger partial charge in [0.15, 0.2) is 0 Å². The number of carboxylic acid groups (broad SMARTS) is 1. The van der Waals surface area contributed by atoms with E-state index in [4.69, 9.17) is 16.3 Å². The van der Waals surface area contributed by atoms with Crippen molar-refractivity contribution >= 4 is 26.5 Å². The minimum Gasteiger partial charge on any atom is -0.480 e. The van der Waals surface area contributed by atoms with Crippen LogP contribution in [0.5, 0.6) is 0 Å². The van der Waals surface area contributed by atoms with Crippen LogP contribution in [-0.2, 0) is 9.53 Å². The molecule has 1 aliphatic heterocycles. The molecule has 1 heterocycles. The van der Waals surface area contributed by atoms with Crippen LogP contribution in [0.2, 0.25) is 17.1 Å². The van der Waals surface area contributed by atoms with E-state index in [1.807, 2.05) is 18.0 Å². The number of benzene rings is 1. The number of allylic oxidation sites excluding steroid dienone is 3. The molecule has 1 radical (unpaired) electrons. The van der Waals surface area contributed by atoms with E-state index in [1.165, 1.54) is 24.1 Å². The zero-order valence-corrected chi connectivity index (χ0v) is 29.1. The lowest BCUT2D eigenvalue weighted by Gasteiger charge is -2.51. The summed E-state index contributed by atoms with van der Waals surface area (Å²) in [5, 5.41) is 11.1. The zero-order valence-electron chi connectivity index (χ0n) is 27.3. The number of carbonyl (C=O) groups is 1. The molecule has 0 aromatic heterocycles. The third kappa shape index (κ3) is 8.40. The van der Waals surface area contributed by atoms with Crippen LogP contribution < -0.4 is 0 Å². The molecule has 2 fully saturated rings. The number of hydrogen-bond donors (Lipinski definition) is 1. The quantitative estimate of drug-likeness (QED) is 0.250. The number of aliphatic carboxylic acids is 1. The molecule has 0 spiro atoms. The van der Waals surface area contributed by atoms with Gasteiger partial charge in [-0.05, 0) is 147 Å². The monoisotopic (exact) mass is 631 g/mol. The van der Waals surface area contributed by atoms with Crippen LogP contribution in [0, 0.1) is 23.1 Å². The van der Waals surface area contributed by atoms with Crippen molar-refractivity contribution in [3.8, 4) is 0 Å². The van der Waals surface area contributed by atoms with E-state index in [1.54, 1.807) is 6.07 Å². The molecule has 3 unspecified atom stereocenters. The minimum atomic E-state index is -0.782. The normalized spacial score (nSPS) is 28.7. The minimum absolute atomic E-state index is 0.132. The third-order valence-corrected chi connectivity index (χ3v) is 13.9. The van der Waals surface area contributed by atoms with Gasteiger partial charge in [-0.1, -0.05) is 42.3 Å². The van der Waals surface area contributed by atoms with Gasteiger partial charge in [0.2, 0.25) is 0 Å². The summed E-state index contributed by atoms with van der Waals surface area (Å²) in [4.78, 5) is 15.1. The van der Waals surface area contributed by atoms with Gasteiger partial charge in [-0.2, -0.15) is 0 Å². The highest BCUT2D eigenvalue weighted by molar-refractivity contribution is 6.56. The number of carboxylic acids is 1. The average molecular weight is 632 g/mol. The molecule has 1 saturated carbocycles. The second-order valence-corrected chi connectivity index (χ2v) is 17.7. The highest BCUT2D eigenvalue weighted by Gasteiger charge is 2.49. The fourth-order valence-electron chi connectivity index (χ4n) is 7.99. The molecule has 5 nitrogen and oxygen atoms in total. The van der Waals surface area contributed by atoms with E-state index in [9.17, 15) is 14.3 Å². The van der Waals surface area contributed by atoms with Gasteiger partial charge in [-0.3, -0.25) is 9.69 Å². The molecular weight excluding hydrogens is 579 g/mol. The van der Waals surface area contributed by atoms with E-state index >= 15 is 0 Å². The lowest BCUT2D eigenvalue weighted by molar-refractivity contribution is -0.147. The molecule has 2 aliphatic carbocycles. The van der Waals surface area contributed by atoms with Crippen molar-refractivity contribution in [3.05, 3.63) is 58.4 Å². The van der Waals surface area contributed by atoms with E-state index in [0.717, 1.165) is 50.3 Å². The van der Waals surface area contributed by atoms with Crippen molar-refractivity contribution in [1.29, 1.82) is 0 Å². The number of rotatable bonds is 11. The SMILES string of the molecule is CC1=CC=CC(C(C(=O)O)N(C)CC[C@H](C[Si]2CCCN2C)c2cc(F)cc(Cl)c2)C1(C)C1CCC(OC(C)(C)C)CC1. The fraction of sp³-hybridized carbons (Fsp3) is 0.686. The molecule has 0 amide bonds. The average Bonchev–Trinajstić information content (AvgIpc) is 3.32. The third-order valence-electron chi connectivity index (χ3n) is 10.5. The maximum atomic E-state index is 14.5. The van der Waals surface area contributed by atoms with Gasteiger partial charge in [0, 0.05) is 10.9 Å². The summed E-state index contributed by atoms with van der Waals surface area (Å²) in [5.74, 6) is -0.726. The lowest BCUT2D eigenvalue weighted by Crippen LogP contribution is -2.53. The summed E-state index contributed by atoms with van der Waals surface area (Å²) in [5.41, 5.74) is 1.78. The van der Waals surface area contributed by atoms with Crippen molar-refractivity contribution in [2.24, 2.45) is 17.3 Å². The predicted molar refractivity (Wildman–Crippen MR) is 177 cm³/mol. The van der Waals surface area contributed by atoms with E-state index in [-0.39, 0.29) is 34.8 Å². The molecule has 4 rings (SSSR count). The molecule has 3 aliphatic rings. The number of halogens is 2. The van der Waals surface area contributed by atoms with Crippen molar-refractivity contribution in [2.45, 2.75) is 109 Å². The van der Waals surface area contributed by atoms with Gasteiger partial charge in [-0.15, -0.1) is 0 Å². The maximum Gasteiger partial charge on any atom is 0.321 e. The first-order valence-electron chi connectivity index (χ1n) is 16.2. The van der Waals surface area contributed by atoms with E-state index in [0.29, 0.717) is 17.5 Å². The highest BCUT2D eigenvalue weighted by atomic mass is 35.5. The number of hydrogen-bond acceptors (Lipinski definition) is 4. The highest BCUT2D eigenvalue weighted by Crippen LogP contribution is 2.52. The van der Waals surface area contributed by atoms with Gasteiger partial charge in [-0.25, -0.2) is 4.39 Å². The van der Waals surface area contributed by atoms with Crippen LogP contribution in [0.4, 0.5) is 4.39 Å². The Balaban J connectivity index is 1.53. The fourth-order valence-corrected chi connectivity index (χ4v) is 11.2. The largest absolute Gasteiger partial charge is 0.480 e. The molecular formula is C35H53ClFN2O3Si. The summed E-state index contributed by atoms with van der Waals surface area (Å²) in [6, 6.07) is 6.46. The molecule has 1 aromatic carbocycles. The molecule has 1 saturated heterocycles. The van der Waals surface area contributed by atoms with Crippen molar-refractivity contribution < 1.29 is 19.0 Å². The Kier molecular flexibility index (Phi) is 11.4. The first-order valence-corrected chi connectivity index (χ1v) is 18.4. The Hall–Kier alpha value is -1.51. The number of ether oxygens (including phenoxy) is 1. The van der Waals surface area contributed by atoms with Gasteiger partial charge in [0.1, 0.15) is 20.8 Å². The van der Waals surface area contributed by atoms with Crippen LogP contribution in [0.25, 0.3) is 0 Å². The van der Waals surface area contributed by atoms with Gasteiger partial charge < -0.3 is 14.4 Å². The Morgan fingerprint density at radius 1 is 1.26 bits per heavy atom. The lowest BCUT2D eigenvalue weighted by atomic mass is 9.56. The van der Waals surface area contributed by atoms with Gasteiger partial charge in [0.25, 0.3) is 0 Å². The maximum absolute atomic E-state index is 14.5. The van der Waals surface area contributed by atoms with Crippen LogP contribution in [0.3, 0.4) is 0 Å². The smallest absolute Gasteiger partial charge is 0.321 e. The molecule has 239 valence electrons. The molecule has 8 heteroatoms. The summed E-state index contributed by atoms with van der Waals surface area (Å²) >= 11 is 6.30. The number of likely N-dealkylation sites (N-methyl/N-ethyl adjacent to an activating group) is 1. The molecule has 1 aromatic rings. The predicted octanol–water partition coefficient (Wildman–Crippen LogP) is 8.18. The Labute approximate surface area is 266 Å². The summed E-state index contributed by atoms with van der Waals surface area (Å²) in [6.45, 7) is 12.6. The van der Waals surface area contributed by atoms with Crippen LogP contribution in [-0.4, -0.2) is 74.4 Å². The standard InChI is InChI=1S/C35H53ClFN2O3Si/c1-24-10-8-11-31(35(24,5)27-12-14-30(15-13-27)42-34(2,3)4)32(33(40)41)38(6)18-16-25(23-43-19-9-17-39(43)7)26-20-28(36)22-29(37)21-26/h8,10-11,20-22,25,27,30-32H,9,12-19,23H2,1-7H3,(H,40,41)/t25-,27?,30?,31?,32?,35?/m1/s1. The van der Waals surface area contributed by atoms with E-state index in [2.05, 4.69) is 64.5 Å². The molecule has 43 heavy (non-hydrogen) atoms. The number of nitrogens with zero attached hydrogens (tertiary/aromatic N) is 2. The Bertz CT molecular complexity index is 1160. The first kappa shape index (κ1) is 34.4. The summed E-state index contributed by atoms with van der Waals surface area (Å²) < 4.78 is 23.3. The van der Waals surface area contributed by atoms with Crippen molar-refractivity contribution in [1.82, 2.24) is 9.47 Å². The zero-order chi connectivity index (χ0) is 31.5. The van der Waals surface area contributed by atoms with Gasteiger partial charge >= 0.3 is 5.97 Å². The Morgan fingerprint density at radius 2 is 1.95 bits per heavy atom. The second-order valence-electron chi connectivity index (χ2n) is 14.5.